The quantitative estimate of drug-likeness (QED) is 0.734. The molecule has 0 bridgehead atoms. The lowest BCUT2D eigenvalue weighted by Gasteiger charge is -2.28. The van der Waals surface area contributed by atoms with E-state index in [1.807, 2.05) is 35.4 Å². The van der Waals surface area contributed by atoms with Crippen molar-refractivity contribution in [1.82, 2.24) is 0 Å². The highest BCUT2D eigenvalue weighted by molar-refractivity contribution is 7.98. The van der Waals surface area contributed by atoms with Crippen LogP contribution in [0.25, 0.3) is 0 Å². The van der Waals surface area contributed by atoms with Gasteiger partial charge >= 0.3 is 6.18 Å². The van der Waals surface area contributed by atoms with E-state index in [9.17, 15) is 18.0 Å². The predicted molar refractivity (Wildman–Crippen MR) is 103 cm³/mol. The number of nitrogens with one attached hydrogen (secondary N) is 3. The number of thioether (sulfide) groups is 1. The van der Waals surface area contributed by atoms with Gasteiger partial charge in [-0.25, -0.2) is 4.98 Å². The van der Waals surface area contributed by atoms with Crippen LogP contribution in [-0.4, -0.2) is 44.9 Å². The number of H-pyrrole nitrogens is 1. The lowest BCUT2D eigenvalue weighted by atomic mass is 10.2. The van der Waals surface area contributed by atoms with Gasteiger partial charge in [0.25, 0.3) is 11.7 Å². The second-order valence-electron chi connectivity index (χ2n) is 6.62. The Bertz CT molecular complexity index is 806. The second kappa shape index (κ2) is 8.83. The Morgan fingerprint density at radius 1 is 1.21 bits per heavy atom. The lowest BCUT2D eigenvalue weighted by Crippen LogP contribution is -3.15. The Kier molecular flexibility index (Phi) is 6.46. The van der Waals surface area contributed by atoms with E-state index in [1.165, 1.54) is 6.07 Å². The Morgan fingerprint density at radius 3 is 2.54 bits per heavy atom. The molecule has 9 heteroatoms. The van der Waals surface area contributed by atoms with E-state index in [-0.39, 0.29) is 5.91 Å². The van der Waals surface area contributed by atoms with Gasteiger partial charge in [0.05, 0.1) is 11.3 Å². The number of nitrogens with zero attached hydrogens (tertiary/aromatic N) is 1. The summed E-state index contributed by atoms with van der Waals surface area (Å²) in [6.45, 7) is 3.20. The number of benzene rings is 1. The third kappa shape index (κ3) is 5.17. The van der Waals surface area contributed by atoms with Crippen molar-refractivity contribution in [2.75, 3.05) is 49.2 Å². The minimum atomic E-state index is -4.35. The van der Waals surface area contributed by atoms with E-state index >= 15 is 0 Å². The summed E-state index contributed by atoms with van der Waals surface area (Å²) in [5.74, 6) is 0.622. The third-order valence-electron chi connectivity index (χ3n) is 4.73. The van der Waals surface area contributed by atoms with Gasteiger partial charge in [-0.15, -0.1) is 11.8 Å². The number of hydrogen-bond acceptors (Lipinski definition) is 3. The number of anilines is 2. The number of aromatic nitrogens is 1. The zero-order valence-electron chi connectivity index (χ0n) is 15.5. The van der Waals surface area contributed by atoms with Crippen molar-refractivity contribution >= 4 is 29.2 Å². The van der Waals surface area contributed by atoms with Crippen LogP contribution in [0.2, 0.25) is 0 Å². The van der Waals surface area contributed by atoms with Crippen LogP contribution in [0.5, 0.6) is 0 Å². The first-order valence-electron chi connectivity index (χ1n) is 8.97. The molecule has 150 valence electrons. The largest absolute Gasteiger partial charge is 0.419 e. The molecular weight excluding hydrogens is 389 g/mol. The normalized spacial score (nSPS) is 15.5. The highest BCUT2D eigenvalue weighted by Gasteiger charge is 2.33. The van der Waals surface area contributed by atoms with E-state index in [1.54, 1.807) is 11.8 Å². The van der Waals surface area contributed by atoms with Crippen molar-refractivity contribution in [1.29, 1.82) is 0 Å². The summed E-state index contributed by atoms with van der Waals surface area (Å²) in [6, 6.07) is 10.2. The summed E-state index contributed by atoms with van der Waals surface area (Å²) in [5.41, 5.74) is 0.125. The molecule has 3 rings (SSSR count). The number of alkyl halides is 3. The van der Waals surface area contributed by atoms with Gasteiger partial charge in [0.2, 0.25) is 0 Å². The van der Waals surface area contributed by atoms with E-state index in [4.69, 9.17) is 0 Å². The van der Waals surface area contributed by atoms with E-state index < -0.39 is 11.7 Å². The highest BCUT2D eigenvalue weighted by Crippen LogP contribution is 2.28. The standard InChI is InChI=1S/C19H21F3N4OS/c1-28-16-5-3-2-4-15(16)24-18(27)13-25-8-10-26(11-9-25)17-7-6-14(12-23-17)19(20,21)22/h2-7,12H,8-11,13H2,1H3,(H,24,27)/p+2. The number of carbonyl (C=O) groups excluding carboxylic acids is 1. The van der Waals surface area contributed by atoms with Crippen molar-refractivity contribution in [2.45, 2.75) is 11.1 Å². The van der Waals surface area contributed by atoms with Crippen LogP contribution < -0.4 is 20.1 Å². The molecule has 0 unspecified atom stereocenters. The average Bonchev–Trinajstić information content (AvgIpc) is 2.68. The fraction of sp³-hybridized carbons (Fsp3) is 0.368. The maximum atomic E-state index is 12.7. The van der Waals surface area contributed by atoms with Crippen molar-refractivity contribution in [3.63, 3.8) is 0 Å². The number of rotatable bonds is 5. The SMILES string of the molecule is CSc1ccccc1NC(=O)C[NH+]1CCN(c2ccc(C(F)(F)F)c[nH+]2)CC1. The van der Waals surface area contributed by atoms with Crippen molar-refractivity contribution in [2.24, 2.45) is 0 Å². The van der Waals surface area contributed by atoms with Crippen molar-refractivity contribution < 1.29 is 27.8 Å². The molecule has 1 aliphatic rings. The van der Waals surface area contributed by atoms with Gasteiger partial charge < -0.3 is 10.2 Å². The molecule has 0 spiro atoms. The molecule has 0 saturated carbocycles. The molecule has 5 nitrogen and oxygen atoms in total. The number of aromatic amines is 1. The smallest absolute Gasteiger partial charge is 0.321 e. The molecule has 1 fully saturated rings. The van der Waals surface area contributed by atoms with Gasteiger partial charge in [-0.1, -0.05) is 12.1 Å². The summed E-state index contributed by atoms with van der Waals surface area (Å²) in [6.07, 6.45) is -1.39. The Labute approximate surface area is 165 Å². The van der Waals surface area contributed by atoms with Gasteiger partial charge in [-0.2, -0.15) is 13.2 Å². The van der Waals surface area contributed by atoms with Gasteiger partial charge in [-0.05, 0) is 24.5 Å². The highest BCUT2D eigenvalue weighted by atomic mass is 32.2. The predicted octanol–water partition coefficient (Wildman–Crippen LogP) is 1.58. The van der Waals surface area contributed by atoms with E-state index in [2.05, 4.69) is 10.3 Å². The van der Waals surface area contributed by atoms with Crippen LogP contribution in [0.3, 0.4) is 0 Å². The molecule has 2 heterocycles. The monoisotopic (exact) mass is 412 g/mol. The first kappa shape index (κ1) is 20.5. The Morgan fingerprint density at radius 2 is 1.93 bits per heavy atom. The summed E-state index contributed by atoms with van der Waals surface area (Å²) >= 11 is 1.58. The van der Waals surface area contributed by atoms with Crippen LogP contribution >= 0.6 is 11.8 Å². The third-order valence-corrected chi connectivity index (χ3v) is 5.52. The van der Waals surface area contributed by atoms with Gasteiger partial charge in [0.1, 0.15) is 32.4 Å². The lowest BCUT2D eigenvalue weighted by molar-refractivity contribution is -0.892. The molecular formula is C19H23F3N4OS+2. The van der Waals surface area contributed by atoms with Crippen LogP contribution in [0.4, 0.5) is 24.7 Å². The Balaban J connectivity index is 1.50. The molecule has 0 atom stereocenters. The topological polar surface area (TPSA) is 50.9 Å². The van der Waals surface area contributed by atoms with Crippen LogP contribution in [0.1, 0.15) is 5.56 Å². The minimum Gasteiger partial charge on any atom is -0.321 e. The van der Waals surface area contributed by atoms with E-state index in [0.29, 0.717) is 25.5 Å². The fourth-order valence-electron chi connectivity index (χ4n) is 3.20. The molecule has 1 aromatic carbocycles. The Hall–Kier alpha value is -2.26. The molecule has 3 N–H and O–H groups in total. The summed E-state index contributed by atoms with van der Waals surface area (Å²) < 4.78 is 38.0. The number of halogens is 3. The van der Waals surface area contributed by atoms with Crippen LogP contribution in [0, 0.1) is 0 Å². The molecule has 0 aliphatic carbocycles. The molecule has 1 aliphatic heterocycles. The summed E-state index contributed by atoms with van der Waals surface area (Å²) in [7, 11) is 0. The second-order valence-corrected chi connectivity index (χ2v) is 7.47. The number of pyridine rings is 1. The maximum Gasteiger partial charge on any atom is 0.419 e. The zero-order chi connectivity index (χ0) is 20.1. The van der Waals surface area contributed by atoms with Crippen molar-refractivity contribution in [3.05, 3.63) is 48.2 Å². The number of para-hydroxylation sites is 1. The van der Waals surface area contributed by atoms with Crippen molar-refractivity contribution in [3.8, 4) is 0 Å². The fourth-order valence-corrected chi connectivity index (χ4v) is 3.75. The number of piperazine rings is 1. The van der Waals surface area contributed by atoms with E-state index in [0.717, 1.165) is 40.8 Å². The first-order chi connectivity index (χ1) is 13.4. The van der Waals surface area contributed by atoms with Crippen LogP contribution in [0.15, 0.2) is 47.5 Å². The van der Waals surface area contributed by atoms with Gasteiger partial charge in [0, 0.05) is 11.0 Å². The molecule has 28 heavy (non-hydrogen) atoms. The number of quaternary nitrogens is 1. The maximum absolute atomic E-state index is 12.7. The molecule has 2 aromatic rings. The summed E-state index contributed by atoms with van der Waals surface area (Å²) in [4.78, 5) is 19.3. The van der Waals surface area contributed by atoms with Crippen LogP contribution in [-0.2, 0) is 11.0 Å². The molecule has 1 amide bonds. The molecule has 1 aromatic heterocycles. The first-order valence-corrected chi connectivity index (χ1v) is 10.2. The minimum absolute atomic E-state index is 0.0361. The van der Waals surface area contributed by atoms with Gasteiger partial charge in [-0.3, -0.25) is 9.69 Å². The number of hydrogen-bond donors (Lipinski definition) is 2. The number of carbonyl (C=O) groups is 1. The molecule has 1 saturated heterocycles. The number of amides is 1. The zero-order valence-corrected chi connectivity index (χ0v) is 16.3. The average molecular weight is 412 g/mol. The van der Waals surface area contributed by atoms with Gasteiger partial charge in [0.15, 0.2) is 6.54 Å². The summed E-state index contributed by atoms with van der Waals surface area (Å²) in [5, 5.41) is 2.97. The molecule has 0 radical (unpaired) electrons.